The third kappa shape index (κ3) is 5.85. The number of imidazole rings is 1. The van der Waals surface area contributed by atoms with Crippen molar-refractivity contribution in [2.75, 3.05) is 5.32 Å². The molecule has 0 bridgehead atoms. The number of hydrogen-bond acceptors (Lipinski definition) is 7. The fraction of sp³-hybridized carbons (Fsp3) is 0.240. The Hall–Kier alpha value is -4.28. The van der Waals surface area contributed by atoms with Crippen LogP contribution >= 0.6 is 0 Å². The van der Waals surface area contributed by atoms with Gasteiger partial charge in [-0.1, -0.05) is 22.4 Å². The minimum absolute atomic E-state index is 0.250. The number of aliphatic hydroxyl groups is 1. The zero-order valence-electron chi connectivity index (χ0n) is 19.8. The van der Waals surface area contributed by atoms with Crippen molar-refractivity contribution in [2.24, 2.45) is 5.16 Å². The predicted molar refractivity (Wildman–Crippen MR) is 129 cm³/mol. The van der Waals surface area contributed by atoms with Crippen molar-refractivity contribution < 1.29 is 27.6 Å². The second-order valence-corrected chi connectivity index (χ2v) is 8.15. The lowest BCUT2D eigenvalue weighted by Gasteiger charge is -2.09. The van der Waals surface area contributed by atoms with Crippen LogP contribution < -0.4 is 5.32 Å². The molecule has 0 aliphatic carbocycles. The molecular formula is C25H24F3N5O3. The highest BCUT2D eigenvalue weighted by molar-refractivity contribution is 5.99. The lowest BCUT2D eigenvalue weighted by molar-refractivity contribution is -0.125. The van der Waals surface area contributed by atoms with Gasteiger partial charge in [-0.15, -0.1) is 0 Å². The third-order valence-electron chi connectivity index (χ3n) is 5.48. The molecule has 0 unspecified atom stereocenters. The van der Waals surface area contributed by atoms with Crippen molar-refractivity contribution in [2.45, 2.75) is 40.0 Å². The van der Waals surface area contributed by atoms with Crippen LogP contribution in [0.25, 0.3) is 16.9 Å². The summed E-state index contributed by atoms with van der Waals surface area (Å²) in [6, 6.07) is 10.7. The zero-order chi connectivity index (χ0) is 25.9. The molecule has 4 rings (SSSR count). The molecule has 1 aromatic carbocycles. The quantitative estimate of drug-likeness (QED) is 0.168. The first-order valence-electron chi connectivity index (χ1n) is 11.0. The van der Waals surface area contributed by atoms with Crippen LogP contribution in [-0.4, -0.2) is 31.5 Å². The van der Waals surface area contributed by atoms with Crippen molar-refractivity contribution in [3.8, 4) is 11.3 Å². The fourth-order valence-corrected chi connectivity index (χ4v) is 3.54. The van der Waals surface area contributed by atoms with Crippen molar-refractivity contribution in [3.05, 3.63) is 83.3 Å². The average molecular weight is 499 g/mol. The molecule has 0 radical (unpaired) electrons. The first-order chi connectivity index (χ1) is 17.1. The van der Waals surface area contributed by atoms with E-state index in [0.29, 0.717) is 28.9 Å². The Morgan fingerprint density at radius 2 is 2.06 bits per heavy atom. The highest BCUT2D eigenvalue weighted by Gasteiger charge is 2.25. The maximum atomic E-state index is 12.4. The second kappa shape index (κ2) is 10.1. The van der Waals surface area contributed by atoms with E-state index < -0.39 is 18.5 Å². The van der Waals surface area contributed by atoms with Crippen LogP contribution in [0.4, 0.5) is 18.9 Å². The van der Waals surface area contributed by atoms with E-state index in [4.69, 9.17) is 9.36 Å². The highest BCUT2D eigenvalue weighted by atomic mass is 19.4. The molecule has 0 saturated heterocycles. The summed E-state index contributed by atoms with van der Waals surface area (Å²) in [5.74, 6) is 0.122. The molecular weight excluding hydrogens is 475 g/mol. The number of aromatic nitrogens is 3. The van der Waals surface area contributed by atoms with Crippen molar-refractivity contribution in [3.63, 3.8) is 0 Å². The Balaban J connectivity index is 1.50. The largest absolute Gasteiger partial charge is 0.495 e. The van der Waals surface area contributed by atoms with Crippen molar-refractivity contribution in [1.29, 1.82) is 0 Å². The molecule has 4 aromatic rings. The number of oxime groups is 1. The molecule has 8 nitrogen and oxygen atoms in total. The molecule has 0 saturated carbocycles. The number of pyridine rings is 1. The summed E-state index contributed by atoms with van der Waals surface area (Å²) in [7, 11) is 0. The normalized spacial score (nSPS) is 12.8. The van der Waals surface area contributed by atoms with E-state index in [1.807, 2.05) is 49.6 Å². The number of nitrogens with one attached hydrogen (secondary N) is 1. The number of halogens is 3. The van der Waals surface area contributed by atoms with E-state index in [2.05, 4.69) is 20.6 Å². The molecule has 0 spiro atoms. The van der Waals surface area contributed by atoms with Gasteiger partial charge in [0.2, 0.25) is 0 Å². The van der Waals surface area contributed by atoms with Crippen molar-refractivity contribution in [1.82, 2.24) is 14.5 Å². The zero-order valence-corrected chi connectivity index (χ0v) is 19.8. The molecule has 0 aliphatic heterocycles. The lowest BCUT2D eigenvalue weighted by Crippen LogP contribution is -2.07. The van der Waals surface area contributed by atoms with Crippen LogP contribution in [0.2, 0.25) is 0 Å². The summed E-state index contributed by atoms with van der Waals surface area (Å²) < 4.78 is 44.1. The number of fused-ring (bicyclic) bond motifs is 1. The third-order valence-corrected chi connectivity index (χ3v) is 5.48. The van der Waals surface area contributed by atoms with Crippen LogP contribution in [0.15, 0.2) is 70.4 Å². The van der Waals surface area contributed by atoms with Gasteiger partial charge in [-0.2, -0.15) is 13.2 Å². The molecule has 0 atom stereocenters. The second-order valence-electron chi connectivity index (χ2n) is 8.15. The van der Waals surface area contributed by atoms with Crippen LogP contribution in [0.3, 0.4) is 0 Å². The monoisotopic (exact) mass is 499 g/mol. The van der Waals surface area contributed by atoms with E-state index in [0.717, 1.165) is 28.1 Å². The summed E-state index contributed by atoms with van der Waals surface area (Å²) >= 11 is 0. The Morgan fingerprint density at radius 1 is 1.25 bits per heavy atom. The summed E-state index contributed by atoms with van der Waals surface area (Å²) in [4.78, 5) is 9.96. The molecule has 188 valence electrons. The van der Waals surface area contributed by atoms with Gasteiger partial charge in [-0.05, 0) is 51.1 Å². The van der Waals surface area contributed by atoms with Gasteiger partial charge in [0, 0.05) is 23.0 Å². The topological polar surface area (TPSA) is 97.2 Å². The Kier molecular flexibility index (Phi) is 7.00. The summed E-state index contributed by atoms with van der Waals surface area (Å²) in [5, 5.41) is 20.5. The van der Waals surface area contributed by atoms with Crippen LogP contribution in [0.5, 0.6) is 0 Å². The number of aryl methyl sites for hydroxylation is 2. The van der Waals surface area contributed by atoms with Crippen molar-refractivity contribution >= 4 is 17.0 Å². The maximum absolute atomic E-state index is 12.4. The maximum Gasteiger partial charge on any atom is 0.392 e. The number of alkyl halides is 3. The molecule has 3 heterocycles. The molecule has 0 aliphatic rings. The minimum Gasteiger partial charge on any atom is -0.495 e. The summed E-state index contributed by atoms with van der Waals surface area (Å²) in [5.41, 5.74) is 5.76. The number of hydrogen-bond donors (Lipinski definition) is 2. The number of rotatable bonds is 8. The van der Waals surface area contributed by atoms with E-state index in [9.17, 15) is 18.3 Å². The van der Waals surface area contributed by atoms with Gasteiger partial charge in [0.15, 0.2) is 5.88 Å². The van der Waals surface area contributed by atoms with Gasteiger partial charge < -0.3 is 19.8 Å². The standard InChI is InChI=1S/C25H24F3N5O3/c1-15(31-35-14-21-16(2)32-36-17(21)3)18-8-10-33-22(13-29-23(33)12-18)19-5-4-6-20(11-19)30-24(34)7-9-25(26,27)28/h4-8,10-13,30,34H,9,14H2,1-3H3/b24-7?,31-15+. The number of benzene rings is 1. The average Bonchev–Trinajstić information content (AvgIpc) is 3.40. The minimum atomic E-state index is -4.39. The molecule has 3 aromatic heterocycles. The van der Waals surface area contributed by atoms with Crippen LogP contribution in [0, 0.1) is 13.8 Å². The van der Waals surface area contributed by atoms with Gasteiger partial charge in [0.05, 0.1) is 35.3 Å². The first kappa shape index (κ1) is 24.8. The van der Waals surface area contributed by atoms with E-state index in [1.54, 1.807) is 24.4 Å². The van der Waals surface area contributed by atoms with Gasteiger partial charge >= 0.3 is 6.18 Å². The van der Waals surface area contributed by atoms with Gasteiger partial charge in [-0.3, -0.25) is 4.40 Å². The van der Waals surface area contributed by atoms with Crippen LogP contribution in [-0.2, 0) is 11.4 Å². The highest BCUT2D eigenvalue weighted by Crippen LogP contribution is 2.26. The Morgan fingerprint density at radius 3 is 2.78 bits per heavy atom. The lowest BCUT2D eigenvalue weighted by atomic mass is 10.1. The summed E-state index contributed by atoms with van der Waals surface area (Å²) in [6.45, 7) is 5.74. The molecule has 0 fully saturated rings. The van der Waals surface area contributed by atoms with Gasteiger partial charge in [0.1, 0.15) is 18.0 Å². The van der Waals surface area contributed by atoms with Crippen LogP contribution in [0.1, 0.15) is 35.9 Å². The van der Waals surface area contributed by atoms with E-state index >= 15 is 0 Å². The van der Waals surface area contributed by atoms with E-state index in [1.165, 1.54) is 0 Å². The molecule has 11 heteroatoms. The molecule has 0 amide bonds. The molecule has 2 N–H and O–H groups in total. The van der Waals surface area contributed by atoms with E-state index in [-0.39, 0.29) is 6.61 Å². The van der Waals surface area contributed by atoms with Gasteiger partial charge in [0.25, 0.3) is 0 Å². The number of allylic oxidation sites excluding steroid dienone is 1. The number of aliphatic hydroxyl groups excluding tert-OH is 1. The summed E-state index contributed by atoms with van der Waals surface area (Å²) in [6.07, 6.45) is -1.39. The number of nitrogens with zero attached hydrogens (tertiary/aromatic N) is 4. The Labute approximate surface area is 204 Å². The smallest absolute Gasteiger partial charge is 0.392 e. The Bertz CT molecular complexity index is 1420. The molecule has 36 heavy (non-hydrogen) atoms. The SMILES string of the molecule is C/C(=N\OCc1c(C)noc1C)c1ccn2c(-c3cccc(NC(O)=CCC(F)(F)F)c3)cnc2c1. The predicted octanol–water partition coefficient (Wildman–Crippen LogP) is 6.31. The first-order valence-corrected chi connectivity index (χ1v) is 11.0. The van der Waals surface area contributed by atoms with Gasteiger partial charge in [-0.25, -0.2) is 4.98 Å². The number of anilines is 1. The fourth-order valence-electron chi connectivity index (χ4n) is 3.54.